The molecule has 1 N–H and O–H groups in total. The first-order chi connectivity index (χ1) is 8.88. The van der Waals surface area contributed by atoms with Gasteiger partial charge in [0.1, 0.15) is 0 Å². The lowest BCUT2D eigenvalue weighted by atomic mass is 10.1. The van der Waals surface area contributed by atoms with Crippen LogP contribution in [0.25, 0.3) is 22.0 Å². The molecule has 0 amide bonds. The van der Waals surface area contributed by atoms with E-state index >= 15 is 0 Å². The number of nitrogens with one attached hydrogen (secondary N) is 1. The quantitative estimate of drug-likeness (QED) is 0.778. The largest absolute Gasteiger partial charge is 0.318 e. The zero-order valence-corrected chi connectivity index (χ0v) is 11.1. The number of benzene rings is 1. The summed E-state index contributed by atoms with van der Waals surface area (Å²) < 4.78 is 2.06. The molecule has 0 aliphatic rings. The van der Waals surface area contributed by atoms with Crippen LogP contribution in [-0.2, 0) is 6.54 Å². The highest BCUT2D eigenvalue weighted by molar-refractivity contribution is 7.08. The number of fused-ring (bicyclic) bond motifs is 1. The van der Waals surface area contributed by atoms with Crippen molar-refractivity contribution in [3.8, 4) is 11.1 Å². The number of likely N-dealkylation sites (N-methyl/N-ethyl adjacent to an activating group) is 1. The summed E-state index contributed by atoms with van der Waals surface area (Å²) >= 11 is 1.73. The minimum Gasteiger partial charge on any atom is -0.318 e. The topological polar surface area (TPSA) is 29.9 Å². The van der Waals surface area contributed by atoms with E-state index in [2.05, 4.69) is 50.1 Å². The van der Waals surface area contributed by atoms with Crippen LogP contribution in [0, 0.1) is 0 Å². The summed E-state index contributed by atoms with van der Waals surface area (Å²) in [5.41, 5.74) is 3.74. The molecular formula is C14H15N3S. The molecule has 0 bridgehead atoms. The Kier molecular flexibility index (Phi) is 3.13. The molecule has 2 heterocycles. The summed E-state index contributed by atoms with van der Waals surface area (Å²) in [6.45, 7) is 1.83. The van der Waals surface area contributed by atoms with Crippen molar-refractivity contribution >= 4 is 22.2 Å². The van der Waals surface area contributed by atoms with Crippen molar-refractivity contribution < 1.29 is 0 Å². The highest BCUT2D eigenvalue weighted by Gasteiger charge is 2.05. The van der Waals surface area contributed by atoms with Gasteiger partial charge in [-0.05, 0) is 41.1 Å². The van der Waals surface area contributed by atoms with Gasteiger partial charge in [0.15, 0.2) is 0 Å². The molecule has 0 aliphatic heterocycles. The third kappa shape index (κ3) is 2.05. The van der Waals surface area contributed by atoms with Crippen LogP contribution >= 0.6 is 11.3 Å². The lowest BCUT2D eigenvalue weighted by Crippen LogP contribution is -2.15. The Labute approximate surface area is 110 Å². The Hall–Kier alpha value is -1.65. The second-order valence-electron chi connectivity index (χ2n) is 4.26. The Bertz CT molecular complexity index is 640. The second-order valence-corrected chi connectivity index (χ2v) is 5.04. The van der Waals surface area contributed by atoms with Crippen molar-refractivity contribution in [2.75, 3.05) is 13.6 Å². The molecule has 0 aliphatic carbocycles. The predicted octanol–water partition coefficient (Wildman–Crippen LogP) is 2.98. The van der Waals surface area contributed by atoms with Gasteiger partial charge in [-0.25, -0.2) is 0 Å². The molecule has 3 aromatic rings. The lowest BCUT2D eigenvalue weighted by molar-refractivity contribution is 0.601. The van der Waals surface area contributed by atoms with Crippen molar-refractivity contribution in [1.82, 2.24) is 15.1 Å². The highest BCUT2D eigenvalue weighted by atomic mass is 32.1. The minimum absolute atomic E-state index is 0.896. The SMILES string of the molecule is CNCCn1ncc2ccc(-c3ccsc3)cc21. The van der Waals surface area contributed by atoms with Crippen LogP contribution in [0.4, 0.5) is 0 Å². The van der Waals surface area contributed by atoms with Crippen molar-refractivity contribution in [3.05, 3.63) is 41.2 Å². The van der Waals surface area contributed by atoms with Gasteiger partial charge >= 0.3 is 0 Å². The van der Waals surface area contributed by atoms with E-state index in [0.717, 1.165) is 13.1 Å². The third-order valence-electron chi connectivity index (χ3n) is 3.07. The van der Waals surface area contributed by atoms with E-state index in [-0.39, 0.29) is 0 Å². The van der Waals surface area contributed by atoms with Gasteiger partial charge in [0.2, 0.25) is 0 Å². The van der Waals surface area contributed by atoms with Crippen LogP contribution < -0.4 is 5.32 Å². The van der Waals surface area contributed by atoms with Gasteiger partial charge in [-0.1, -0.05) is 12.1 Å². The van der Waals surface area contributed by atoms with E-state index in [0.29, 0.717) is 0 Å². The summed E-state index contributed by atoms with van der Waals surface area (Å²) in [5.74, 6) is 0. The van der Waals surface area contributed by atoms with Gasteiger partial charge in [-0.15, -0.1) is 0 Å². The van der Waals surface area contributed by atoms with Gasteiger partial charge in [0.25, 0.3) is 0 Å². The third-order valence-corrected chi connectivity index (χ3v) is 3.76. The van der Waals surface area contributed by atoms with Crippen LogP contribution in [0.2, 0.25) is 0 Å². The first-order valence-corrected chi connectivity index (χ1v) is 6.95. The molecule has 0 spiro atoms. The fourth-order valence-electron chi connectivity index (χ4n) is 2.07. The molecule has 18 heavy (non-hydrogen) atoms. The Morgan fingerprint density at radius 3 is 3.00 bits per heavy atom. The molecule has 1 aromatic carbocycles. The van der Waals surface area contributed by atoms with Gasteiger partial charge in [0, 0.05) is 11.9 Å². The van der Waals surface area contributed by atoms with E-state index in [9.17, 15) is 0 Å². The van der Waals surface area contributed by atoms with Crippen LogP contribution in [-0.4, -0.2) is 23.4 Å². The molecule has 0 saturated carbocycles. The van der Waals surface area contributed by atoms with E-state index < -0.39 is 0 Å². The van der Waals surface area contributed by atoms with Crippen molar-refractivity contribution in [3.63, 3.8) is 0 Å². The number of nitrogens with zero attached hydrogens (tertiary/aromatic N) is 2. The normalized spacial score (nSPS) is 11.2. The first kappa shape index (κ1) is 11.4. The molecule has 0 saturated heterocycles. The molecule has 3 nitrogen and oxygen atoms in total. The molecule has 2 aromatic heterocycles. The fourth-order valence-corrected chi connectivity index (χ4v) is 2.74. The van der Waals surface area contributed by atoms with Gasteiger partial charge < -0.3 is 5.32 Å². The van der Waals surface area contributed by atoms with E-state index in [1.165, 1.54) is 22.0 Å². The lowest BCUT2D eigenvalue weighted by Gasteiger charge is -2.04. The maximum atomic E-state index is 4.43. The highest BCUT2D eigenvalue weighted by Crippen LogP contribution is 2.26. The Balaban J connectivity index is 2.04. The first-order valence-electron chi connectivity index (χ1n) is 6.01. The molecule has 4 heteroatoms. The number of thiophene rings is 1. The predicted molar refractivity (Wildman–Crippen MR) is 77.0 cm³/mol. The Morgan fingerprint density at radius 2 is 2.22 bits per heavy atom. The summed E-state index contributed by atoms with van der Waals surface area (Å²) in [6.07, 6.45) is 1.93. The number of hydrogen-bond acceptors (Lipinski definition) is 3. The average Bonchev–Trinajstić information content (AvgIpc) is 3.05. The van der Waals surface area contributed by atoms with E-state index in [1.807, 2.05) is 13.2 Å². The zero-order valence-electron chi connectivity index (χ0n) is 10.3. The standard InChI is InChI=1S/C14H15N3S/c1-15-5-6-17-14-8-11(13-4-7-18-10-13)2-3-12(14)9-16-17/h2-4,7-10,15H,5-6H2,1H3. The smallest absolute Gasteiger partial charge is 0.0689 e. The van der Waals surface area contributed by atoms with Crippen LogP contribution in [0.5, 0.6) is 0 Å². The maximum absolute atomic E-state index is 4.43. The van der Waals surface area contributed by atoms with Gasteiger partial charge in [-0.2, -0.15) is 16.4 Å². The second kappa shape index (κ2) is 4.92. The maximum Gasteiger partial charge on any atom is 0.0689 e. The van der Waals surface area contributed by atoms with Crippen molar-refractivity contribution in [2.45, 2.75) is 6.54 Å². The van der Waals surface area contributed by atoms with Crippen LogP contribution in [0.15, 0.2) is 41.2 Å². The molecule has 3 rings (SSSR count). The molecule has 0 fully saturated rings. The minimum atomic E-state index is 0.896. The number of rotatable bonds is 4. The molecule has 0 unspecified atom stereocenters. The van der Waals surface area contributed by atoms with E-state index in [4.69, 9.17) is 0 Å². The van der Waals surface area contributed by atoms with Crippen molar-refractivity contribution in [2.24, 2.45) is 0 Å². The Morgan fingerprint density at radius 1 is 1.28 bits per heavy atom. The number of aromatic nitrogens is 2. The van der Waals surface area contributed by atoms with Gasteiger partial charge in [0.05, 0.1) is 18.3 Å². The molecule has 0 radical (unpaired) electrons. The number of hydrogen-bond donors (Lipinski definition) is 1. The average molecular weight is 257 g/mol. The van der Waals surface area contributed by atoms with E-state index in [1.54, 1.807) is 11.3 Å². The molecular weight excluding hydrogens is 242 g/mol. The van der Waals surface area contributed by atoms with Crippen molar-refractivity contribution in [1.29, 1.82) is 0 Å². The van der Waals surface area contributed by atoms with Crippen LogP contribution in [0.3, 0.4) is 0 Å². The van der Waals surface area contributed by atoms with Gasteiger partial charge in [-0.3, -0.25) is 4.68 Å². The summed E-state index contributed by atoms with van der Waals surface area (Å²) in [4.78, 5) is 0. The van der Waals surface area contributed by atoms with Crippen LogP contribution in [0.1, 0.15) is 0 Å². The monoisotopic (exact) mass is 257 g/mol. The zero-order chi connectivity index (χ0) is 12.4. The summed E-state index contributed by atoms with van der Waals surface area (Å²) in [7, 11) is 1.96. The molecule has 92 valence electrons. The fraction of sp³-hybridized carbons (Fsp3) is 0.214. The summed E-state index contributed by atoms with van der Waals surface area (Å²) in [5, 5.41) is 13.1. The summed E-state index contributed by atoms with van der Waals surface area (Å²) in [6, 6.07) is 8.68. The molecule has 0 atom stereocenters.